The second kappa shape index (κ2) is 11.1. The molecule has 1 aliphatic carbocycles. The van der Waals surface area contributed by atoms with Gasteiger partial charge >= 0.3 is 0 Å². The van der Waals surface area contributed by atoms with Gasteiger partial charge in [0.15, 0.2) is 17.5 Å². The van der Waals surface area contributed by atoms with Gasteiger partial charge < -0.3 is 4.42 Å². The molecule has 5 heteroatoms. The summed E-state index contributed by atoms with van der Waals surface area (Å²) in [4.78, 5) is 19.8. The molecule has 0 spiro atoms. The van der Waals surface area contributed by atoms with E-state index < -0.39 is 0 Å². The van der Waals surface area contributed by atoms with Crippen molar-refractivity contribution in [1.29, 1.82) is 0 Å². The molecule has 230 valence electrons. The van der Waals surface area contributed by atoms with Crippen LogP contribution in [0.2, 0.25) is 0 Å². The summed E-state index contributed by atoms with van der Waals surface area (Å²) in [6.45, 7) is 0. The monoisotopic (exact) mass is 628 g/mol. The Bertz CT molecular complexity index is 2760. The van der Waals surface area contributed by atoms with Crippen LogP contribution >= 0.6 is 0 Å². The van der Waals surface area contributed by atoms with Crippen LogP contribution in [0, 0.1) is 0 Å². The highest BCUT2D eigenvalue weighted by Gasteiger charge is 2.20. The van der Waals surface area contributed by atoms with E-state index in [4.69, 9.17) is 19.4 Å². The number of hydrogen-bond acceptors (Lipinski definition) is 5. The van der Waals surface area contributed by atoms with Gasteiger partial charge in [-0.05, 0) is 75.0 Å². The summed E-state index contributed by atoms with van der Waals surface area (Å²) in [6, 6.07) is 44.4. The second-order valence-corrected chi connectivity index (χ2v) is 12.7. The maximum absolute atomic E-state index is 6.19. The lowest BCUT2D eigenvalue weighted by molar-refractivity contribution is 0.668. The van der Waals surface area contributed by atoms with Crippen molar-refractivity contribution in [2.24, 2.45) is 0 Å². The van der Waals surface area contributed by atoms with Gasteiger partial charge in [0.2, 0.25) is 0 Å². The third-order valence-corrected chi connectivity index (χ3v) is 9.76. The van der Waals surface area contributed by atoms with E-state index >= 15 is 0 Å². The van der Waals surface area contributed by atoms with Gasteiger partial charge in [0.25, 0.3) is 0 Å². The molecule has 1 atom stereocenters. The molecule has 0 aliphatic heterocycles. The van der Waals surface area contributed by atoms with Crippen LogP contribution < -0.4 is 0 Å². The molecule has 0 saturated carbocycles. The Labute approximate surface area is 282 Å². The molecular formula is C44H28N4O. The highest BCUT2D eigenvalue weighted by molar-refractivity contribution is 6.20. The van der Waals surface area contributed by atoms with E-state index in [0.29, 0.717) is 23.4 Å². The fourth-order valence-corrected chi connectivity index (χ4v) is 7.28. The van der Waals surface area contributed by atoms with Crippen LogP contribution in [0.15, 0.2) is 150 Å². The first-order valence-electron chi connectivity index (χ1n) is 16.6. The molecule has 0 radical (unpaired) electrons. The number of furan rings is 1. The molecule has 0 fully saturated rings. The van der Waals surface area contributed by atoms with E-state index in [9.17, 15) is 0 Å². The highest BCUT2D eigenvalue weighted by Crippen LogP contribution is 2.38. The minimum absolute atomic E-state index is 0.365. The summed E-state index contributed by atoms with van der Waals surface area (Å²) >= 11 is 0. The second-order valence-electron chi connectivity index (χ2n) is 12.7. The summed E-state index contributed by atoms with van der Waals surface area (Å²) in [5, 5.41) is 6.47. The van der Waals surface area contributed by atoms with Gasteiger partial charge in [-0.15, -0.1) is 0 Å². The topological polar surface area (TPSA) is 64.7 Å². The third-order valence-electron chi connectivity index (χ3n) is 9.76. The van der Waals surface area contributed by atoms with Crippen LogP contribution in [0.3, 0.4) is 0 Å². The van der Waals surface area contributed by atoms with Gasteiger partial charge in [0.05, 0.1) is 0 Å². The standard InChI is InChI=1S/C44H28N4O/c1-2-7-27(8-3-1)30-14-15-32-25-34(18-16-31(32)23-30)43-46-42(33-17-13-28-9-4-5-10-29(28)24-33)47-44(48-43)37-12-6-11-36-35(37)19-20-40-41(36)38-26-45-22-21-39(38)49-40/h1-22,24-26,30H,23H2. The predicted octanol–water partition coefficient (Wildman–Crippen LogP) is 10.8. The molecule has 49 heavy (non-hydrogen) atoms. The average molecular weight is 629 g/mol. The molecule has 0 amide bonds. The molecule has 0 bridgehead atoms. The van der Waals surface area contributed by atoms with Crippen LogP contribution in [-0.2, 0) is 6.42 Å². The molecule has 1 unspecified atom stereocenters. The van der Waals surface area contributed by atoms with Crippen molar-refractivity contribution in [3.05, 3.63) is 163 Å². The van der Waals surface area contributed by atoms with E-state index in [1.165, 1.54) is 22.1 Å². The van der Waals surface area contributed by atoms with Crippen LogP contribution in [0.4, 0.5) is 0 Å². The zero-order valence-electron chi connectivity index (χ0n) is 26.4. The summed E-state index contributed by atoms with van der Waals surface area (Å²) < 4.78 is 6.19. The summed E-state index contributed by atoms with van der Waals surface area (Å²) in [5.74, 6) is 2.27. The number of aromatic nitrogens is 4. The first kappa shape index (κ1) is 27.6. The molecule has 5 nitrogen and oxygen atoms in total. The number of rotatable bonds is 4. The molecule has 1 aliphatic rings. The SMILES string of the molecule is C1=CC(c2ccccc2)Cc2ccc(-c3nc(-c4ccc5ccccc5c4)nc(-c4cccc5c4ccc4oc6ccncc6c45)n3)cc21. The Morgan fingerprint density at radius 3 is 2.27 bits per heavy atom. The largest absolute Gasteiger partial charge is 0.456 e. The fraction of sp³-hybridized carbons (Fsp3) is 0.0455. The van der Waals surface area contributed by atoms with E-state index in [-0.39, 0.29) is 0 Å². The van der Waals surface area contributed by atoms with Gasteiger partial charge in [0.1, 0.15) is 11.2 Å². The van der Waals surface area contributed by atoms with Crippen LogP contribution in [0.5, 0.6) is 0 Å². The van der Waals surface area contributed by atoms with Crippen LogP contribution in [0.1, 0.15) is 22.6 Å². The van der Waals surface area contributed by atoms with E-state index in [0.717, 1.165) is 61.2 Å². The van der Waals surface area contributed by atoms with Crippen molar-refractivity contribution in [3.8, 4) is 34.2 Å². The molecule has 0 saturated heterocycles. The van der Waals surface area contributed by atoms with Crippen molar-refractivity contribution in [2.45, 2.75) is 12.3 Å². The van der Waals surface area contributed by atoms with Gasteiger partial charge in [-0.3, -0.25) is 4.98 Å². The fourth-order valence-electron chi connectivity index (χ4n) is 7.28. The molecule has 9 aromatic rings. The average Bonchev–Trinajstić information content (AvgIpc) is 3.56. The Morgan fingerprint density at radius 2 is 1.37 bits per heavy atom. The van der Waals surface area contributed by atoms with Gasteiger partial charge in [-0.2, -0.15) is 0 Å². The van der Waals surface area contributed by atoms with Crippen molar-refractivity contribution >= 4 is 49.6 Å². The maximum Gasteiger partial charge on any atom is 0.164 e. The van der Waals surface area contributed by atoms with Gasteiger partial charge in [-0.25, -0.2) is 15.0 Å². The zero-order valence-corrected chi connectivity index (χ0v) is 26.4. The maximum atomic E-state index is 6.19. The number of pyridine rings is 1. The smallest absolute Gasteiger partial charge is 0.164 e. The molecule has 3 heterocycles. The minimum Gasteiger partial charge on any atom is -0.456 e. The molecule has 6 aromatic carbocycles. The summed E-state index contributed by atoms with van der Waals surface area (Å²) in [5.41, 5.74) is 8.35. The van der Waals surface area contributed by atoms with E-state index in [1.54, 1.807) is 6.20 Å². The first-order chi connectivity index (χ1) is 24.2. The number of benzene rings is 6. The van der Waals surface area contributed by atoms with Crippen molar-refractivity contribution in [3.63, 3.8) is 0 Å². The molecule has 0 N–H and O–H groups in total. The molecule has 10 rings (SSSR count). The lowest BCUT2D eigenvalue weighted by Crippen LogP contribution is -2.06. The zero-order chi connectivity index (χ0) is 32.3. The number of fused-ring (bicyclic) bond motifs is 7. The number of allylic oxidation sites excluding steroid dienone is 1. The first-order valence-corrected chi connectivity index (χ1v) is 16.6. The highest BCUT2D eigenvalue weighted by atomic mass is 16.3. The molecular weight excluding hydrogens is 601 g/mol. The Morgan fingerprint density at radius 1 is 0.571 bits per heavy atom. The van der Waals surface area contributed by atoms with Crippen molar-refractivity contribution < 1.29 is 4.42 Å². The predicted molar refractivity (Wildman–Crippen MR) is 198 cm³/mol. The lowest BCUT2D eigenvalue weighted by Gasteiger charge is -2.20. The molecule has 3 aromatic heterocycles. The van der Waals surface area contributed by atoms with Crippen LogP contribution in [-0.4, -0.2) is 19.9 Å². The van der Waals surface area contributed by atoms with Crippen LogP contribution in [0.25, 0.3) is 83.7 Å². The Balaban J connectivity index is 1.15. The quantitative estimate of drug-likeness (QED) is 0.194. The van der Waals surface area contributed by atoms with E-state index in [2.05, 4.69) is 132 Å². The third kappa shape index (κ3) is 4.70. The Hall–Kier alpha value is -6.46. The van der Waals surface area contributed by atoms with Gasteiger partial charge in [0, 0.05) is 45.8 Å². The Kier molecular flexibility index (Phi) is 6.24. The van der Waals surface area contributed by atoms with Crippen molar-refractivity contribution in [1.82, 2.24) is 19.9 Å². The van der Waals surface area contributed by atoms with Gasteiger partial charge in [-0.1, -0.05) is 109 Å². The summed E-state index contributed by atoms with van der Waals surface area (Å²) in [6.07, 6.45) is 9.15. The minimum atomic E-state index is 0.365. The van der Waals surface area contributed by atoms with E-state index in [1.807, 2.05) is 18.3 Å². The number of nitrogens with zero attached hydrogens (tertiary/aromatic N) is 4. The van der Waals surface area contributed by atoms with Crippen molar-refractivity contribution in [2.75, 3.05) is 0 Å². The number of hydrogen-bond donors (Lipinski definition) is 0. The lowest BCUT2D eigenvalue weighted by atomic mass is 9.84. The normalized spacial score (nSPS) is 14.2. The summed E-state index contributed by atoms with van der Waals surface area (Å²) in [7, 11) is 0.